The largest absolute Gasteiger partial charge is 0.398 e. The lowest BCUT2D eigenvalue weighted by Crippen LogP contribution is -2.12. The van der Waals surface area contributed by atoms with Gasteiger partial charge in [-0.1, -0.05) is 17.7 Å². The van der Waals surface area contributed by atoms with Crippen molar-refractivity contribution < 1.29 is 4.79 Å². The van der Waals surface area contributed by atoms with Crippen LogP contribution in [-0.2, 0) is 0 Å². The summed E-state index contributed by atoms with van der Waals surface area (Å²) in [5.41, 5.74) is 8.44. The molecule has 0 fully saturated rings. The molecule has 0 saturated carbocycles. The van der Waals surface area contributed by atoms with Crippen LogP contribution in [0.15, 0.2) is 40.9 Å². The maximum absolute atomic E-state index is 12.1. The zero-order chi connectivity index (χ0) is 14.0. The Bertz CT molecular complexity index is 643. The van der Waals surface area contributed by atoms with Crippen molar-refractivity contribution in [3.05, 3.63) is 57.0 Å². The molecule has 0 unspecified atom stereocenters. The number of hydrogen-bond donors (Lipinski definition) is 2. The number of nitrogen functional groups attached to an aromatic ring is 1. The van der Waals surface area contributed by atoms with E-state index in [1.54, 1.807) is 30.3 Å². The van der Waals surface area contributed by atoms with Gasteiger partial charge in [-0.2, -0.15) is 0 Å². The van der Waals surface area contributed by atoms with Gasteiger partial charge in [0.15, 0.2) is 0 Å². The van der Waals surface area contributed by atoms with E-state index in [0.29, 0.717) is 22.0 Å². The summed E-state index contributed by atoms with van der Waals surface area (Å²) in [5.74, 6) is -0.210. The average Bonchev–Trinajstić information content (AvgIpc) is 2.37. The summed E-state index contributed by atoms with van der Waals surface area (Å²) < 4.78 is 0.743. The summed E-state index contributed by atoms with van der Waals surface area (Å²) in [6, 6.07) is 10.4. The predicted octanol–water partition coefficient (Wildman–Crippen LogP) is 4.25. The monoisotopic (exact) mass is 338 g/mol. The van der Waals surface area contributed by atoms with Crippen LogP contribution < -0.4 is 11.1 Å². The molecule has 0 aromatic heterocycles. The Labute approximate surface area is 124 Å². The molecule has 0 aliphatic carbocycles. The highest BCUT2D eigenvalue weighted by Gasteiger charge is 2.08. The van der Waals surface area contributed by atoms with Crippen LogP contribution in [-0.4, -0.2) is 5.91 Å². The van der Waals surface area contributed by atoms with Crippen LogP contribution in [0, 0.1) is 6.92 Å². The van der Waals surface area contributed by atoms with Crippen LogP contribution >= 0.6 is 27.5 Å². The Hall–Kier alpha value is -1.52. The summed E-state index contributed by atoms with van der Waals surface area (Å²) in [5, 5.41) is 3.36. The summed E-state index contributed by atoms with van der Waals surface area (Å²) in [7, 11) is 0. The summed E-state index contributed by atoms with van der Waals surface area (Å²) in [6.45, 7) is 1.89. The first-order chi connectivity index (χ1) is 8.97. The van der Waals surface area contributed by atoms with Crippen molar-refractivity contribution >= 4 is 44.8 Å². The van der Waals surface area contributed by atoms with Gasteiger partial charge in [-0.15, -0.1) is 0 Å². The van der Waals surface area contributed by atoms with Crippen molar-refractivity contribution in [2.24, 2.45) is 0 Å². The van der Waals surface area contributed by atoms with E-state index in [2.05, 4.69) is 21.2 Å². The van der Waals surface area contributed by atoms with Crippen LogP contribution in [0.1, 0.15) is 15.9 Å². The Morgan fingerprint density at radius 1 is 1.26 bits per heavy atom. The topological polar surface area (TPSA) is 55.1 Å². The van der Waals surface area contributed by atoms with Gasteiger partial charge in [-0.3, -0.25) is 4.79 Å². The molecule has 0 saturated heterocycles. The van der Waals surface area contributed by atoms with E-state index in [1.807, 2.05) is 13.0 Å². The number of rotatable bonds is 2. The van der Waals surface area contributed by atoms with E-state index < -0.39 is 0 Å². The summed E-state index contributed by atoms with van der Waals surface area (Å²) in [6.07, 6.45) is 0. The van der Waals surface area contributed by atoms with Gasteiger partial charge in [0.25, 0.3) is 5.91 Å². The minimum absolute atomic E-state index is 0.210. The molecule has 98 valence electrons. The third-order valence-corrected chi connectivity index (χ3v) is 3.79. The average molecular weight is 340 g/mol. The van der Waals surface area contributed by atoms with Gasteiger partial charge in [0.2, 0.25) is 0 Å². The Morgan fingerprint density at radius 3 is 2.63 bits per heavy atom. The van der Waals surface area contributed by atoms with Crippen LogP contribution in [0.5, 0.6) is 0 Å². The Morgan fingerprint density at radius 2 is 2.00 bits per heavy atom. The molecule has 3 nitrogen and oxygen atoms in total. The first kappa shape index (κ1) is 13.9. The Balaban J connectivity index is 2.20. The molecule has 0 heterocycles. The molecule has 1 amide bonds. The van der Waals surface area contributed by atoms with Crippen LogP contribution in [0.2, 0.25) is 5.02 Å². The molecular formula is C14H12BrClN2O. The van der Waals surface area contributed by atoms with Crippen molar-refractivity contribution in [2.75, 3.05) is 11.1 Å². The van der Waals surface area contributed by atoms with Gasteiger partial charge in [0.05, 0.1) is 0 Å². The van der Waals surface area contributed by atoms with Crippen molar-refractivity contribution in [3.63, 3.8) is 0 Å². The number of hydrogen-bond acceptors (Lipinski definition) is 2. The standard InChI is InChI=1S/C14H12BrClN2O/c1-8-2-3-9(6-12(8)16)14(19)18-10-4-5-13(17)11(15)7-10/h2-7H,17H2,1H3,(H,18,19). The number of anilines is 2. The van der Waals surface area contributed by atoms with E-state index in [-0.39, 0.29) is 5.91 Å². The molecule has 2 aromatic carbocycles. The fourth-order valence-corrected chi connectivity index (χ4v) is 2.10. The van der Waals surface area contributed by atoms with E-state index in [0.717, 1.165) is 10.0 Å². The molecule has 0 radical (unpaired) electrons. The highest BCUT2D eigenvalue weighted by Crippen LogP contribution is 2.24. The fraction of sp³-hybridized carbons (Fsp3) is 0.0714. The van der Waals surface area contributed by atoms with Crippen molar-refractivity contribution in [2.45, 2.75) is 6.92 Å². The van der Waals surface area contributed by atoms with Gasteiger partial charge in [-0.25, -0.2) is 0 Å². The molecule has 2 aromatic rings. The third kappa shape index (κ3) is 3.28. The number of aryl methyl sites for hydroxylation is 1. The maximum Gasteiger partial charge on any atom is 0.255 e. The number of halogens is 2. The number of nitrogens with two attached hydrogens (primary N) is 1. The first-order valence-electron chi connectivity index (χ1n) is 5.60. The number of amides is 1. The van der Waals surface area contributed by atoms with Crippen molar-refractivity contribution in [1.29, 1.82) is 0 Å². The maximum atomic E-state index is 12.1. The first-order valence-corrected chi connectivity index (χ1v) is 6.77. The van der Waals surface area contributed by atoms with Gasteiger partial charge in [0.1, 0.15) is 0 Å². The predicted molar refractivity (Wildman–Crippen MR) is 82.7 cm³/mol. The van der Waals surface area contributed by atoms with E-state index in [9.17, 15) is 4.79 Å². The van der Waals surface area contributed by atoms with Gasteiger partial charge < -0.3 is 11.1 Å². The van der Waals surface area contributed by atoms with E-state index in [1.165, 1.54) is 0 Å². The molecular weight excluding hydrogens is 328 g/mol. The highest BCUT2D eigenvalue weighted by atomic mass is 79.9. The zero-order valence-corrected chi connectivity index (χ0v) is 12.5. The minimum Gasteiger partial charge on any atom is -0.398 e. The van der Waals surface area contributed by atoms with Gasteiger partial charge in [-0.05, 0) is 58.7 Å². The van der Waals surface area contributed by atoms with E-state index >= 15 is 0 Å². The highest BCUT2D eigenvalue weighted by molar-refractivity contribution is 9.10. The second-order valence-electron chi connectivity index (χ2n) is 4.15. The minimum atomic E-state index is -0.210. The lowest BCUT2D eigenvalue weighted by atomic mass is 10.1. The summed E-state index contributed by atoms with van der Waals surface area (Å²) in [4.78, 5) is 12.1. The molecule has 2 rings (SSSR count). The number of benzene rings is 2. The smallest absolute Gasteiger partial charge is 0.255 e. The molecule has 19 heavy (non-hydrogen) atoms. The van der Waals surface area contributed by atoms with Crippen LogP contribution in [0.3, 0.4) is 0 Å². The van der Waals surface area contributed by atoms with Crippen LogP contribution in [0.25, 0.3) is 0 Å². The molecule has 5 heteroatoms. The van der Waals surface area contributed by atoms with Crippen molar-refractivity contribution in [3.8, 4) is 0 Å². The van der Waals surface area contributed by atoms with Gasteiger partial charge in [0, 0.05) is 26.4 Å². The number of carbonyl (C=O) groups is 1. The third-order valence-electron chi connectivity index (χ3n) is 2.69. The van der Waals surface area contributed by atoms with Crippen LogP contribution in [0.4, 0.5) is 11.4 Å². The number of carbonyl (C=O) groups excluding carboxylic acids is 1. The quantitative estimate of drug-likeness (QED) is 0.804. The fourth-order valence-electron chi connectivity index (χ4n) is 1.54. The number of nitrogens with one attached hydrogen (secondary N) is 1. The Kier molecular flexibility index (Phi) is 4.12. The molecule has 0 bridgehead atoms. The second-order valence-corrected chi connectivity index (χ2v) is 5.42. The second kappa shape index (κ2) is 5.63. The molecule has 3 N–H and O–H groups in total. The molecule has 0 atom stereocenters. The summed E-state index contributed by atoms with van der Waals surface area (Å²) >= 11 is 9.32. The van der Waals surface area contributed by atoms with Gasteiger partial charge >= 0.3 is 0 Å². The molecule has 0 spiro atoms. The lowest BCUT2D eigenvalue weighted by Gasteiger charge is -2.08. The molecule has 0 aliphatic rings. The normalized spacial score (nSPS) is 10.3. The SMILES string of the molecule is Cc1ccc(C(=O)Nc2ccc(N)c(Br)c2)cc1Cl. The zero-order valence-electron chi connectivity index (χ0n) is 10.2. The lowest BCUT2D eigenvalue weighted by molar-refractivity contribution is 0.102. The van der Waals surface area contributed by atoms with Crippen molar-refractivity contribution in [1.82, 2.24) is 0 Å². The van der Waals surface area contributed by atoms with E-state index in [4.69, 9.17) is 17.3 Å². The molecule has 0 aliphatic heterocycles.